The Morgan fingerprint density at radius 1 is 1.47 bits per heavy atom. The minimum absolute atomic E-state index is 0.119. The van der Waals surface area contributed by atoms with Gasteiger partial charge < -0.3 is 15.0 Å². The van der Waals surface area contributed by atoms with Gasteiger partial charge in [-0.1, -0.05) is 0 Å². The zero-order valence-electron chi connectivity index (χ0n) is 11.3. The Kier molecular flexibility index (Phi) is 6.06. The Morgan fingerprint density at radius 3 is 2.58 bits per heavy atom. The second-order valence-corrected chi connectivity index (χ2v) is 4.87. The first-order chi connectivity index (χ1) is 8.81. The lowest BCUT2D eigenvalue weighted by Crippen LogP contribution is -2.47. The molecule has 1 fully saturated rings. The van der Waals surface area contributed by atoms with Crippen molar-refractivity contribution in [3.8, 4) is 0 Å². The Balaban J connectivity index is 2.39. The van der Waals surface area contributed by atoms with E-state index in [0.29, 0.717) is 6.04 Å². The molecule has 0 aromatic rings. The van der Waals surface area contributed by atoms with E-state index in [1.807, 2.05) is 0 Å². The third-order valence-electron chi connectivity index (χ3n) is 2.86. The first-order valence-electron chi connectivity index (χ1n) is 6.49. The van der Waals surface area contributed by atoms with E-state index in [4.69, 9.17) is 4.74 Å². The maximum atomic E-state index is 12.1. The van der Waals surface area contributed by atoms with Crippen LogP contribution in [-0.4, -0.2) is 55.9 Å². The quantitative estimate of drug-likeness (QED) is 0.686. The average molecular weight is 282 g/mol. The molecule has 1 aliphatic carbocycles. The first kappa shape index (κ1) is 16.2. The van der Waals surface area contributed by atoms with Crippen molar-refractivity contribution in [3.05, 3.63) is 0 Å². The van der Waals surface area contributed by atoms with Crippen LogP contribution in [0.4, 0.5) is 13.2 Å². The molecule has 0 spiro atoms. The smallest absolute Gasteiger partial charge is 0.390 e. The number of carbonyl (C=O) groups excluding carboxylic acids is 1. The molecular weight excluding hydrogens is 261 g/mol. The zero-order chi connectivity index (χ0) is 14.5. The lowest BCUT2D eigenvalue weighted by atomic mass is 10.2. The van der Waals surface area contributed by atoms with Crippen LogP contribution in [0.2, 0.25) is 0 Å². The number of halogens is 3. The highest BCUT2D eigenvalue weighted by Crippen LogP contribution is 2.21. The minimum atomic E-state index is -4.17. The molecule has 4 nitrogen and oxygen atoms in total. The number of hydrogen-bond acceptors (Lipinski definition) is 4. The van der Waals surface area contributed by atoms with Crippen molar-refractivity contribution in [2.75, 3.05) is 26.7 Å². The summed E-state index contributed by atoms with van der Waals surface area (Å²) in [5.74, 6) is -0.395. The van der Waals surface area contributed by atoms with Gasteiger partial charge in [-0.05, 0) is 26.8 Å². The summed E-state index contributed by atoms with van der Waals surface area (Å²) < 4.78 is 41.3. The first-order valence-corrected chi connectivity index (χ1v) is 6.49. The number of carbonyl (C=O) groups is 1. The zero-order valence-corrected chi connectivity index (χ0v) is 11.3. The highest BCUT2D eigenvalue weighted by molar-refractivity contribution is 5.76. The predicted octanol–water partition coefficient (Wildman–Crippen LogP) is 1.55. The Bertz CT molecular complexity index is 293. The molecule has 7 heteroatoms. The van der Waals surface area contributed by atoms with Gasteiger partial charge in [0.2, 0.25) is 0 Å². The molecule has 0 aromatic carbocycles. The average Bonchev–Trinajstić information content (AvgIpc) is 3.09. The molecule has 0 aliphatic heterocycles. The third-order valence-corrected chi connectivity index (χ3v) is 2.86. The van der Waals surface area contributed by atoms with E-state index in [9.17, 15) is 18.0 Å². The minimum Gasteiger partial charge on any atom is -0.465 e. The van der Waals surface area contributed by atoms with Crippen LogP contribution >= 0.6 is 0 Å². The summed E-state index contributed by atoms with van der Waals surface area (Å²) in [6, 6.07) is -0.254. The fourth-order valence-electron chi connectivity index (χ4n) is 1.69. The van der Waals surface area contributed by atoms with Gasteiger partial charge in [-0.3, -0.25) is 4.79 Å². The molecule has 1 rings (SSSR count). The number of ether oxygens (including phenoxy) is 1. The van der Waals surface area contributed by atoms with Gasteiger partial charge in [0, 0.05) is 19.1 Å². The highest BCUT2D eigenvalue weighted by atomic mass is 19.4. The van der Waals surface area contributed by atoms with Crippen LogP contribution in [0.5, 0.6) is 0 Å². The summed E-state index contributed by atoms with van der Waals surface area (Å²) in [6.07, 6.45) is -3.04. The second kappa shape index (κ2) is 7.09. The van der Waals surface area contributed by atoms with Crippen LogP contribution in [0.1, 0.15) is 26.2 Å². The van der Waals surface area contributed by atoms with Crippen molar-refractivity contribution in [2.45, 2.75) is 44.4 Å². The molecule has 1 saturated carbocycles. The summed E-state index contributed by atoms with van der Waals surface area (Å²) >= 11 is 0. The standard InChI is InChI=1S/C12H21F3N2O2/c1-3-19-11(18)10(16-9-4-5-9)8-17(2)7-6-12(13,14)15/h9-10,16H,3-8H2,1-2H3. The molecule has 0 bridgehead atoms. The molecule has 19 heavy (non-hydrogen) atoms. The predicted molar refractivity (Wildman–Crippen MR) is 64.7 cm³/mol. The van der Waals surface area contributed by atoms with E-state index >= 15 is 0 Å². The van der Waals surface area contributed by atoms with Crippen LogP contribution in [0, 0.1) is 0 Å². The SMILES string of the molecule is CCOC(=O)C(CN(C)CCC(F)(F)F)NC1CC1. The van der Waals surface area contributed by atoms with Crippen molar-refractivity contribution >= 4 is 5.97 Å². The van der Waals surface area contributed by atoms with Crippen molar-refractivity contribution in [1.29, 1.82) is 0 Å². The van der Waals surface area contributed by atoms with E-state index in [2.05, 4.69) is 5.32 Å². The van der Waals surface area contributed by atoms with Crippen LogP contribution in [-0.2, 0) is 9.53 Å². The number of likely N-dealkylation sites (N-methyl/N-ethyl adjacent to an activating group) is 1. The summed E-state index contributed by atoms with van der Waals surface area (Å²) in [5.41, 5.74) is 0. The van der Waals surface area contributed by atoms with Gasteiger partial charge >= 0.3 is 12.1 Å². The molecule has 1 unspecified atom stereocenters. The van der Waals surface area contributed by atoms with Gasteiger partial charge in [0.15, 0.2) is 0 Å². The van der Waals surface area contributed by atoms with E-state index in [0.717, 1.165) is 12.8 Å². The lowest BCUT2D eigenvalue weighted by Gasteiger charge is -2.24. The van der Waals surface area contributed by atoms with E-state index in [1.165, 1.54) is 4.90 Å². The summed E-state index contributed by atoms with van der Waals surface area (Å²) in [5, 5.41) is 3.11. The summed E-state index contributed by atoms with van der Waals surface area (Å²) in [4.78, 5) is 13.2. The Morgan fingerprint density at radius 2 is 2.11 bits per heavy atom. The lowest BCUT2D eigenvalue weighted by molar-refractivity contribution is -0.146. The second-order valence-electron chi connectivity index (χ2n) is 4.87. The van der Waals surface area contributed by atoms with E-state index in [1.54, 1.807) is 14.0 Å². The van der Waals surface area contributed by atoms with Crippen molar-refractivity contribution in [2.24, 2.45) is 0 Å². The van der Waals surface area contributed by atoms with Crippen LogP contribution in [0.15, 0.2) is 0 Å². The van der Waals surface area contributed by atoms with Gasteiger partial charge in [-0.25, -0.2) is 0 Å². The van der Waals surface area contributed by atoms with Crippen molar-refractivity contribution in [1.82, 2.24) is 10.2 Å². The summed E-state index contributed by atoms with van der Waals surface area (Å²) in [7, 11) is 1.58. The van der Waals surface area contributed by atoms with Gasteiger partial charge in [0.05, 0.1) is 13.0 Å². The summed E-state index contributed by atoms with van der Waals surface area (Å²) in [6.45, 7) is 2.09. The number of nitrogens with one attached hydrogen (secondary N) is 1. The normalized spacial score (nSPS) is 17.6. The van der Waals surface area contributed by atoms with E-state index in [-0.39, 0.29) is 19.7 Å². The molecular formula is C12H21F3N2O2. The molecule has 1 N–H and O–H groups in total. The number of alkyl halides is 3. The van der Waals surface area contributed by atoms with Crippen LogP contribution in [0.25, 0.3) is 0 Å². The van der Waals surface area contributed by atoms with Crippen LogP contribution < -0.4 is 5.32 Å². The van der Waals surface area contributed by atoms with Crippen molar-refractivity contribution in [3.63, 3.8) is 0 Å². The van der Waals surface area contributed by atoms with Gasteiger partial charge in [-0.15, -0.1) is 0 Å². The molecule has 0 saturated heterocycles. The molecule has 1 aliphatic rings. The number of hydrogen-bond donors (Lipinski definition) is 1. The number of rotatable bonds is 8. The van der Waals surface area contributed by atoms with Crippen molar-refractivity contribution < 1.29 is 22.7 Å². The topological polar surface area (TPSA) is 41.6 Å². The Labute approximate surface area is 111 Å². The fraction of sp³-hybridized carbons (Fsp3) is 0.917. The molecule has 0 aromatic heterocycles. The Hall–Kier alpha value is -0.820. The molecule has 112 valence electrons. The number of esters is 1. The monoisotopic (exact) mass is 282 g/mol. The molecule has 0 heterocycles. The van der Waals surface area contributed by atoms with Gasteiger partial charge in [-0.2, -0.15) is 13.2 Å². The third kappa shape index (κ3) is 7.37. The maximum Gasteiger partial charge on any atom is 0.390 e. The molecule has 0 amide bonds. The fourth-order valence-corrected chi connectivity index (χ4v) is 1.69. The van der Waals surface area contributed by atoms with Gasteiger partial charge in [0.1, 0.15) is 6.04 Å². The van der Waals surface area contributed by atoms with E-state index < -0.39 is 24.6 Å². The molecule has 0 radical (unpaired) electrons. The largest absolute Gasteiger partial charge is 0.465 e. The van der Waals surface area contributed by atoms with Gasteiger partial charge in [0.25, 0.3) is 0 Å². The maximum absolute atomic E-state index is 12.1. The molecule has 1 atom stereocenters. The highest BCUT2D eigenvalue weighted by Gasteiger charge is 2.31. The van der Waals surface area contributed by atoms with Crippen LogP contribution in [0.3, 0.4) is 0 Å². The number of nitrogens with zero attached hydrogens (tertiary/aromatic N) is 1.